The Balaban J connectivity index is 1.45. The number of hydrogen-bond donors (Lipinski definition) is 2. The topological polar surface area (TPSA) is 121 Å². The summed E-state index contributed by atoms with van der Waals surface area (Å²) in [5, 5.41) is 18.8. The fraction of sp³-hybridized carbons (Fsp3) is 0.261. The minimum atomic E-state index is -0.478. The minimum Gasteiger partial charge on any atom is -0.471 e. The summed E-state index contributed by atoms with van der Waals surface area (Å²) in [6.45, 7) is 6.14. The lowest BCUT2D eigenvalue weighted by Crippen LogP contribution is -2.21. The number of aryl methyl sites for hydroxylation is 3. The Morgan fingerprint density at radius 1 is 1.06 bits per heavy atom. The quantitative estimate of drug-likeness (QED) is 0.384. The minimum absolute atomic E-state index is 0.111. The van der Waals surface area contributed by atoms with E-state index in [-0.39, 0.29) is 23.8 Å². The number of aromatic nitrogens is 6. The van der Waals surface area contributed by atoms with Crippen LogP contribution >= 0.6 is 11.6 Å². The molecule has 0 aliphatic carbocycles. The van der Waals surface area contributed by atoms with Crippen LogP contribution in [-0.4, -0.2) is 41.2 Å². The third-order valence-electron chi connectivity index (χ3n) is 5.45. The number of rotatable bonds is 8. The average Bonchev–Trinajstić information content (AvgIpc) is 3.55. The molecule has 4 aromatic rings. The molecule has 1 aromatic carbocycles. The van der Waals surface area contributed by atoms with E-state index >= 15 is 0 Å². The Bertz CT molecular complexity index is 1390. The zero-order chi connectivity index (χ0) is 25.1. The van der Waals surface area contributed by atoms with Gasteiger partial charge in [-0.25, -0.2) is 4.68 Å². The monoisotopic (exact) mass is 496 g/mol. The Hall–Kier alpha value is -4.12. The first-order valence-corrected chi connectivity index (χ1v) is 11.2. The molecule has 0 radical (unpaired) electrons. The molecule has 0 aliphatic heterocycles. The fourth-order valence-electron chi connectivity index (χ4n) is 3.35. The average molecular weight is 497 g/mol. The molecule has 0 unspecified atom stereocenters. The summed E-state index contributed by atoms with van der Waals surface area (Å²) in [5.74, 6) is -0.249. The van der Waals surface area contributed by atoms with Crippen LogP contribution in [0.25, 0.3) is 0 Å². The third-order valence-corrected chi connectivity index (χ3v) is 5.88. The largest absolute Gasteiger partial charge is 0.471 e. The van der Waals surface area contributed by atoms with Gasteiger partial charge in [-0.05, 0) is 50.6 Å². The molecule has 12 heteroatoms. The second-order valence-corrected chi connectivity index (χ2v) is 8.23. The predicted octanol–water partition coefficient (Wildman–Crippen LogP) is 3.64. The van der Waals surface area contributed by atoms with Gasteiger partial charge in [0.25, 0.3) is 11.8 Å². The van der Waals surface area contributed by atoms with E-state index in [4.69, 9.17) is 16.3 Å². The van der Waals surface area contributed by atoms with Crippen molar-refractivity contribution in [2.45, 2.75) is 34.0 Å². The van der Waals surface area contributed by atoms with Crippen molar-refractivity contribution in [3.8, 4) is 5.75 Å². The first-order valence-electron chi connectivity index (χ1n) is 10.9. The first kappa shape index (κ1) is 24.0. The molecular weight excluding hydrogens is 472 g/mol. The number of nitrogens with zero attached hydrogens (tertiary/aromatic N) is 6. The number of nitrogens with one attached hydrogen (secondary N) is 2. The van der Waals surface area contributed by atoms with E-state index in [0.717, 1.165) is 11.3 Å². The molecule has 11 nitrogen and oxygen atoms in total. The molecule has 0 saturated carbocycles. The normalized spacial score (nSPS) is 10.9. The van der Waals surface area contributed by atoms with E-state index in [1.54, 1.807) is 42.3 Å². The number of halogens is 1. The highest BCUT2D eigenvalue weighted by molar-refractivity contribution is 6.31. The predicted molar refractivity (Wildman–Crippen MR) is 131 cm³/mol. The van der Waals surface area contributed by atoms with Gasteiger partial charge in [-0.2, -0.15) is 15.3 Å². The number of anilines is 2. The van der Waals surface area contributed by atoms with Crippen LogP contribution < -0.4 is 15.4 Å². The molecule has 35 heavy (non-hydrogen) atoms. The van der Waals surface area contributed by atoms with Crippen molar-refractivity contribution in [3.63, 3.8) is 0 Å². The number of carbonyl (C=O) groups excluding carboxylic acids is 2. The molecule has 2 N–H and O–H groups in total. The highest BCUT2D eigenvalue weighted by Gasteiger charge is 2.22. The van der Waals surface area contributed by atoms with Crippen LogP contribution in [-0.2, 0) is 20.3 Å². The van der Waals surface area contributed by atoms with Crippen LogP contribution in [0.4, 0.5) is 11.4 Å². The second-order valence-electron chi connectivity index (χ2n) is 7.82. The van der Waals surface area contributed by atoms with Crippen LogP contribution in [0, 0.1) is 13.8 Å². The van der Waals surface area contributed by atoms with Crippen LogP contribution in [0.2, 0.25) is 5.02 Å². The Labute approximate surface area is 206 Å². The number of hydrogen-bond acceptors (Lipinski definition) is 6. The van der Waals surface area contributed by atoms with Gasteiger partial charge in [-0.1, -0.05) is 11.6 Å². The molecule has 2 amide bonds. The SMILES string of the molecule is CCn1ncc(NC(=O)c2ccn(COc3ccc(Cl)c(C)c3)n2)c1C(=O)Nc1cnn(C)c1C. The van der Waals surface area contributed by atoms with E-state index in [1.165, 1.54) is 15.6 Å². The summed E-state index contributed by atoms with van der Waals surface area (Å²) in [7, 11) is 1.79. The second kappa shape index (κ2) is 10.0. The molecule has 0 spiro atoms. The van der Waals surface area contributed by atoms with Gasteiger partial charge in [0.2, 0.25) is 0 Å². The van der Waals surface area contributed by atoms with Crippen LogP contribution in [0.5, 0.6) is 5.75 Å². The summed E-state index contributed by atoms with van der Waals surface area (Å²) >= 11 is 6.04. The zero-order valence-electron chi connectivity index (χ0n) is 19.7. The smallest absolute Gasteiger partial charge is 0.276 e. The molecule has 3 aromatic heterocycles. The maximum absolute atomic E-state index is 13.0. The van der Waals surface area contributed by atoms with E-state index in [9.17, 15) is 9.59 Å². The third kappa shape index (κ3) is 5.19. The van der Waals surface area contributed by atoms with Crippen molar-refractivity contribution < 1.29 is 14.3 Å². The summed E-state index contributed by atoms with van der Waals surface area (Å²) in [5.41, 5.74) is 2.94. The Morgan fingerprint density at radius 3 is 2.49 bits per heavy atom. The Kier molecular flexibility index (Phi) is 6.87. The molecule has 0 saturated heterocycles. The van der Waals surface area contributed by atoms with Gasteiger partial charge in [0, 0.05) is 24.8 Å². The Morgan fingerprint density at radius 2 is 1.80 bits per heavy atom. The van der Waals surface area contributed by atoms with Gasteiger partial charge in [0.05, 0.1) is 29.5 Å². The van der Waals surface area contributed by atoms with Gasteiger partial charge in [-0.15, -0.1) is 0 Å². The van der Waals surface area contributed by atoms with Crippen LogP contribution in [0.3, 0.4) is 0 Å². The molecule has 0 bridgehead atoms. The summed E-state index contributed by atoms with van der Waals surface area (Å²) in [6, 6.07) is 6.91. The lowest BCUT2D eigenvalue weighted by Gasteiger charge is -2.09. The maximum atomic E-state index is 13.0. The zero-order valence-corrected chi connectivity index (χ0v) is 20.5. The summed E-state index contributed by atoms with van der Waals surface area (Å²) in [4.78, 5) is 25.9. The van der Waals surface area contributed by atoms with Crippen molar-refractivity contribution in [1.82, 2.24) is 29.3 Å². The van der Waals surface area contributed by atoms with E-state index in [0.29, 0.717) is 23.0 Å². The molecule has 4 rings (SSSR count). The number of ether oxygens (including phenoxy) is 1. The molecule has 0 atom stereocenters. The summed E-state index contributed by atoms with van der Waals surface area (Å²) < 4.78 is 10.4. The lowest BCUT2D eigenvalue weighted by molar-refractivity contribution is 0.101. The van der Waals surface area contributed by atoms with Crippen molar-refractivity contribution >= 4 is 34.8 Å². The standard InChI is InChI=1S/C23H25ClN8O3/c1-5-32-21(23(34)27-19-11-25-30(4)15(19)3)20(12-26-32)28-22(33)18-8-9-31(29-18)13-35-16-6-7-17(24)14(2)10-16/h6-12H,5,13H2,1-4H3,(H,27,34)(H,28,33). The lowest BCUT2D eigenvalue weighted by atomic mass is 10.2. The van der Waals surface area contributed by atoms with Gasteiger partial charge < -0.3 is 15.4 Å². The van der Waals surface area contributed by atoms with Crippen LogP contribution in [0.15, 0.2) is 42.9 Å². The number of amides is 2. The maximum Gasteiger partial charge on any atom is 0.276 e. The number of carbonyl (C=O) groups is 2. The van der Waals surface area contributed by atoms with Crippen LogP contribution in [0.1, 0.15) is 39.2 Å². The molecular formula is C23H25ClN8O3. The molecule has 0 aliphatic rings. The number of benzene rings is 1. The van der Waals surface area contributed by atoms with E-state index < -0.39 is 11.8 Å². The van der Waals surface area contributed by atoms with Crippen molar-refractivity contribution in [1.29, 1.82) is 0 Å². The summed E-state index contributed by atoms with van der Waals surface area (Å²) in [6.07, 6.45) is 4.64. The highest BCUT2D eigenvalue weighted by Crippen LogP contribution is 2.22. The van der Waals surface area contributed by atoms with Crippen molar-refractivity contribution in [2.24, 2.45) is 7.05 Å². The molecule has 182 valence electrons. The molecule has 3 heterocycles. The fourth-order valence-corrected chi connectivity index (χ4v) is 3.47. The highest BCUT2D eigenvalue weighted by atomic mass is 35.5. The van der Waals surface area contributed by atoms with Crippen molar-refractivity contribution in [3.05, 3.63) is 70.5 Å². The van der Waals surface area contributed by atoms with Crippen molar-refractivity contribution in [2.75, 3.05) is 10.6 Å². The van der Waals surface area contributed by atoms with Gasteiger partial charge in [0.1, 0.15) is 11.4 Å². The van der Waals surface area contributed by atoms with E-state index in [2.05, 4.69) is 25.9 Å². The first-order chi connectivity index (χ1) is 16.8. The van der Waals surface area contributed by atoms with E-state index in [1.807, 2.05) is 26.8 Å². The van der Waals surface area contributed by atoms with Gasteiger partial charge >= 0.3 is 0 Å². The molecule has 0 fully saturated rings. The van der Waals surface area contributed by atoms with Gasteiger partial charge in [-0.3, -0.25) is 19.0 Å². The van der Waals surface area contributed by atoms with Gasteiger partial charge in [0.15, 0.2) is 12.4 Å².